The van der Waals surface area contributed by atoms with Crippen LogP contribution >= 0.6 is 11.3 Å². The molecule has 28 heavy (non-hydrogen) atoms. The van der Waals surface area contributed by atoms with Crippen molar-refractivity contribution in [3.05, 3.63) is 65.1 Å². The summed E-state index contributed by atoms with van der Waals surface area (Å²) >= 11 is 1.24. The molecule has 3 aromatic rings. The smallest absolute Gasteiger partial charge is 0.284 e. The summed E-state index contributed by atoms with van der Waals surface area (Å²) in [5.74, 6) is -0.337. The van der Waals surface area contributed by atoms with Gasteiger partial charge in [0, 0.05) is 33.9 Å². The number of carbonyl (C=O) groups excluding carboxylic acids is 1. The Labute approximate surface area is 168 Å². The second kappa shape index (κ2) is 7.83. The lowest BCUT2D eigenvalue weighted by atomic mass is 10.0. The molecule has 1 heterocycles. The van der Waals surface area contributed by atoms with Crippen LogP contribution < -0.4 is 10.0 Å². The monoisotopic (exact) mass is 415 g/mol. The van der Waals surface area contributed by atoms with Crippen LogP contribution in [0.15, 0.2) is 65.0 Å². The van der Waals surface area contributed by atoms with E-state index in [9.17, 15) is 13.2 Å². The Morgan fingerprint density at radius 1 is 1.00 bits per heavy atom. The number of amides is 1. The number of aromatic nitrogens is 1. The number of rotatable bonds is 5. The summed E-state index contributed by atoms with van der Waals surface area (Å²) in [6.07, 6.45) is 1.56. The molecule has 2 N–H and O–H groups in total. The van der Waals surface area contributed by atoms with E-state index < -0.39 is 15.6 Å². The molecule has 2 aromatic carbocycles. The number of nitrogens with one attached hydrogen (secondary N) is 2. The highest BCUT2D eigenvalue weighted by molar-refractivity contribution is 7.89. The molecule has 1 aromatic heterocycles. The summed E-state index contributed by atoms with van der Waals surface area (Å²) in [5, 5.41) is 4.89. The fourth-order valence-electron chi connectivity index (χ4n) is 2.72. The SMILES string of the molecule is CC(C)(C)NS(=O)(=O)c1ccccc1-c1ccccc1NC(=O)c1nccs1. The number of hydrogen-bond acceptors (Lipinski definition) is 5. The second-order valence-corrected chi connectivity index (χ2v) is 9.73. The van der Waals surface area contributed by atoms with Crippen LogP contribution in [0.1, 0.15) is 30.6 Å². The van der Waals surface area contributed by atoms with E-state index in [1.165, 1.54) is 11.3 Å². The number of benzene rings is 2. The number of thiazole rings is 1. The van der Waals surface area contributed by atoms with Crippen molar-refractivity contribution < 1.29 is 13.2 Å². The largest absolute Gasteiger partial charge is 0.319 e. The fraction of sp³-hybridized carbons (Fsp3) is 0.200. The van der Waals surface area contributed by atoms with E-state index in [0.29, 0.717) is 21.8 Å². The average molecular weight is 416 g/mol. The van der Waals surface area contributed by atoms with Gasteiger partial charge in [0.1, 0.15) is 0 Å². The van der Waals surface area contributed by atoms with Crippen molar-refractivity contribution in [1.82, 2.24) is 9.71 Å². The molecule has 6 nitrogen and oxygen atoms in total. The number of carbonyl (C=O) groups is 1. The molecule has 0 aliphatic carbocycles. The first-order valence-electron chi connectivity index (χ1n) is 8.61. The zero-order valence-electron chi connectivity index (χ0n) is 15.8. The van der Waals surface area contributed by atoms with E-state index in [0.717, 1.165) is 0 Å². The molecule has 0 aliphatic heterocycles. The lowest BCUT2D eigenvalue weighted by Crippen LogP contribution is -2.40. The van der Waals surface area contributed by atoms with Gasteiger partial charge in [-0.05, 0) is 32.9 Å². The van der Waals surface area contributed by atoms with E-state index in [2.05, 4.69) is 15.0 Å². The van der Waals surface area contributed by atoms with Gasteiger partial charge in [-0.25, -0.2) is 18.1 Å². The van der Waals surface area contributed by atoms with Gasteiger partial charge in [0.05, 0.1) is 4.90 Å². The number of sulfonamides is 1. The second-order valence-electron chi connectivity index (χ2n) is 7.19. The van der Waals surface area contributed by atoms with E-state index in [1.54, 1.807) is 80.9 Å². The molecule has 0 bridgehead atoms. The number of para-hydroxylation sites is 1. The average Bonchev–Trinajstić information content (AvgIpc) is 3.15. The van der Waals surface area contributed by atoms with Crippen LogP contribution in [-0.2, 0) is 10.0 Å². The molecule has 1 amide bonds. The summed E-state index contributed by atoms with van der Waals surface area (Å²) in [7, 11) is -3.76. The van der Waals surface area contributed by atoms with Crippen molar-refractivity contribution in [2.75, 3.05) is 5.32 Å². The van der Waals surface area contributed by atoms with Crippen LogP contribution in [0, 0.1) is 0 Å². The van der Waals surface area contributed by atoms with Crippen LogP contribution in [-0.4, -0.2) is 24.8 Å². The minimum Gasteiger partial charge on any atom is -0.319 e. The van der Waals surface area contributed by atoms with Crippen molar-refractivity contribution >= 4 is 33.0 Å². The zero-order chi connectivity index (χ0) is 20.4. The minimum atomic E-state index is -3.76. The Morgan fingerprint density at radius 3 is 2.29 bits per heavy atom. The Bertz CT molecular complexity index is 1090. The molecule has 0 saturated carbocycles. The van der Waals surface area contributed by atoms with Crippen LogP contribution in [0.5, 0.6) is 0 Å². The van der Waals surface area contributed by atoms with E-state index >= 15 is 0 Å². The Balaban J connectivity index is 2.05. The van der Waals surface area contributed by atoms with Crippen LogP contribution in [0.3, 0.4) is 0 Å². The van der Waals surface area contributed by atoms with Gasteiger partial charge in [-0.1, -0.05) is 36.4 Å². The van der Waals surface area contributed by atoms with Gasteiger partial charge in [-0.2, -0.15) is 0 Å². The maximum Gasteiger partial charge on any atom is 0.284 e. The number of nitrogens with zero attached hydrogens (tertiary/aromatic N) is 1. The Kier molecular flexibility index (Phi) is 5.64. The van der Waals surface area contributed by atoms with Crippen molar-refractivity contribution in [3.63, 3.8) is 0 Å². The molecule has 0 spiro atoms. The van der Waals surface area contributed by atoms with E-state index in [4.69, 9.17) is 0 Å². The molecule has 0 atom stereocenters. The van der Waals surface area contributed by atoms with Gasteiger partial charge in [0.15, 0.2) is 5.01 Å². The molecule has 0 saturated heterocycles. The maximum atomic E-state index is 13.0. The van der Waals surface area contributed by atoms with Gasteiger partial charge >= 0.3 is 0 Å². The first kappa shape index (κ1) is 20.2. The quantitative estimate of drug-likeness (QED) is 0.656. The third-order valence-corrected chi connectivity index (χ3v) is 6.30. The topological polar surface area (TPSA) is 88.2 Å². The molecular weight excluding hydrogens is 394 g/mol. The maximum absolute atomic E-state index is 13.0. The normalized spacial score (nSPS) is 12.0. The van der Waals surface area contributed by atoms with Crippen molar-refractivity contribution in [1.29, 1.82) is 0 Å². The number of hydrogen-bond donors (Lipinski definition) is 2. The van der Waals surface area contributed by atoms with Gasteiger partial charge in [-0.3, -0.25) is 4.79 Å². The first-order chi connectivity index (χ1) is 13.2. The number of anilines is 1. The van der Waals surface area contributed by atoms with E-state index in [1.807, 2.05) is 0 Å². The summed E-state index contributed by atoms with van der Waals surface area (Å²) < 4.78 is 28.6. The van der Waals surface area contributed by atoms with Crippen molar-refractivity contribution in [2.45, 2.75) is 31.2 Å². The predicted octanol–water partition coefficient (Wildman–Crippen LogP) is 4.14. The summed E-state index contributed by atoms with van der Waals surface area (Å²) in [5.41, 5.74) is 1.02. The van der Waals surface area contributed by atoms with Crippen molar-refractivity contribution in [3.8, 4) is 11.1 Å². The Morgan fingerprint density at radius 2 is 1.64 bits per heavy atom. The van der Waals surface area contributed by atoms with Gasteiger partial charge in [0.2, 0.25) is 10.0 Å². The highest BCUT2D eigenvalue weighted by atomic mass is 32.2. The van der Waals surface area contributed by atoms with Gasteiger partial charge < -0.3 is 5.32 Å². The van der Waals surface area contributed by atoms with E-state index in [-0.39, 0.29) is 10.8 Å². The summed E-state index contributed by atoms with van der Waals surface area (Å²) in [4.78, 5) is 16.6. The molecular formula is C20H21N3O3S2. The lowest BCUT2D eigenvalue weighted by Gasteiger charge is -2.22. The molecule has 0 aliphatic rings. The third kappa shape index (κ3) is 4.64. The fourth-order valence-corrected chi connectivity index (χ4v) is 4.89. The minimum absolute atomic E-state index is 0.154. The molecule has 146 valence electrons. The molecule has 8 heteroatoms. The van der Waals surface area contributed by atoms with Gasteiger partial charge in [-0.15, -0.1) is 11.3 Å². The van der Waals surface area contributed by atoms with Gasteiger partial charge in [0.25, 0.3) is 5.91 Å². The Hall–Kier alpha value is -2.55. The molecule has 0 unspecified atom stereocenters. The summed E-state index contributed by atoms with van der Waals surface area (Å²) in [6.45, 7) is 5.36. The van der Waals surface area contributed by atoms with Crippen LogP contribution in [0.25, 0.3) is 11.1 Å². The molecule has 0 radical (unpaired) electrons. The standard InChI is InChI=1S/C20H21N3O3S2/c1-20(2,3)23-28(25,26)17-11-7-5-9-15(17)14-8-4-6-10-16(14)22-18(24)19-21-12-13-27-19/h4-13,23H,1-3H3,(H,22,24). The summed E-state index contributed by atoms with van der Waals surface area (Å²) in [6, 6.07) is 13.8. The van der Waals surface area contributed by atoms with Crippen molar-refractivity contribution in [2.24, 2.45) is 0 Å². The zero-order valence-corrected chi connectivity index (χ0v) is 17.4. The highest BCUT2D eigenvalue weighted by Crippen LogP contribution is 2.33. The van der Waals surface area contributed by atoms with Crippen LogP contribution in [0.2, 0.25) is 0 Å². The predicted molar refractivity (Wildman–Crippen MR) is 112 cm³/mol. The molecule has 0 fully saturated rings. The third-order valence-electron chi connectivity index (χ3n) is 3.71. The van der Waals surface area contributed by atoms with Crippen LogP contribution in [0.4, 0.5) is 5.69 Å². The lowest BCUT2D eigenvalue weighted by molar-refractivity contribution is 0.102. The highest BCUT2D eigenvalue weighted by Gasteiger charge is 2.25. The first-order valence-corrected chi connectivity index (χ1v) is 11.0. The molecule has 3 rings (SSSR count).